The molecule has 1 N–H and O–H groups in total. The summed E-state index contributed by atoms with van der Waals surface area (Å²) in [5.74, 6) is 4.23. The predicted octanol–water partition coefficient (Wildman–Crippen LogP) is 2.11. The van der Waals surface area contributed by atoms with E-state index in [9.17, 15) is 0 Å². The molecule has 96 valence electrons. The maximum atomic E-state index is 3.94. The molecule has 0 radical (unpaired) electrons. The largest absolute Gasteiger partial charge is 0.312 e. The molecule has 2 heteroatoms. The molecule has 3 aliphatic heterocycles. The van der Waals surface area contributed by atoms with Crippen LogP contribution in [0.2, 0.25) is 0 Å². The van der Waals surface area contributed by atoms with Gasteiger partial charge in [0.25, 0.3) is 0 Å². The average molecular weight is 234 g/mol. The van der Waals surface area contributed by atoms with Crippen molar-refractivity contribution in [2.24, 2.45) is 23.7 Å². The van der Waals surface area contributed by atoms with Crippen molar-refractivity contribution in [2.75, 3.05) is 26.2 Å². The van der Waals surface area contributed by atoms with Gasteiger partial charge in [0.1, 0.15) is 0 Å². The summed E-state index contributed by atoms with van der Waals surface area (Å²) in [4.78, 5) is 2.67. The van der Waals surface area contributed by atoms with Crippen LogP contribution in [0.1, 0.15) is 38.5 Å². The van der Waals surface area contributed by atoms with Gasteiger partial charge in [-0.2, -0.15) is 0 Å². The van der Waals surface area contributed by atoms with Gasteiger partial charge in [0.2, 0.25) is 0 Å². The van der Waals surface area contributed by atoms with E-state index in [2.05, 4.69) is 10.2 Å². The van der Waals surface area contributed by atoms with E-state index in [0.717, 1.165) is 29.7 Å². The summed E-state index contributed by atoms with van der Waals surface area (Å²) in [6.45, 7) is 5.41. The van der Waals surface area contributed by atoms with Gasteiger partial charge in [-0.3, -0.25) is 0 Å². The summed E-state index contributed by atoms with van der Waals surface area (Å²) >= 11 is 0. The maximum Gasteiger partial charge on any atom is 0.0224 e. The normalized spacial score (nSPS) is 52.2. The third-order valence-corrected chi connectivity index (χ3v) is 6.18. The summed E-state index contributed by atoms with van der Waals surface area (Å²) in [6, 6.07) is 0.830. The van der Waals surface area contributed by atoms with Gasteiger partial charge in [-0.15, -0.1) is 0 Å². The Hall–Kier alpha value is -0.0800. The quantitative estimate of drug-likeness (QED) is 0.804. The molecule has 17 heavy (non-hydrogen) atoms. The van der Waals surface area contributed by atoms with Crippen molar-refractivity contribution < 1.29 is 0 Å². The van der Waals surface area contributed by atoms with Crippen LogP contribution in [0.3, 0.4) is 0 Å². The first-order valence-corrected chi connectivity index (χ1v) is 7.84. The summed E-state index contributed by atoms with van der Waals surface area (Å²) in [6.07, 6.45) is 9.09. The molecule has 5 fully saturated rings. The molecule has 5 rings (SSSR count). The van der Waals surface area contributed by atoms with E-state index < -0.39 is 0 Å². The molecule has 0 amide bonds. The Morgan fingerprint density at radius 3 is 2.41 bits per heavy atom. The van der Waals surface area contributed by atoms with Gasteiger partial charge in [0, 0.05) is 12.6 Å². The molecule has 5 aliphatic rings. The van der Waals surface area contributed by atoms with Crippen molar-refractivity contribution in [1.29, 1.82) is 0 Å². The molecule has 4 bridgehead atoms. The van der Waals surface area contributed by atoms with E-state index in [4.69, 9.17) is 0 Å². The number of fused-ring (bicyclic) bond motifs is 5. The van der Waals surface area contributed by atoms with E-state index >= 15 is 0 Å². The Bertz CT molecular complexity index is 283. The molecule has 4 unspecified atom stereocenters. The fourth-order valence-electron chi connectivity index (χ4n) is 5.13. The molecular weight excluding hydrogens is 208 g/mol. The zero-order valence-electron chi connectivity index (χ0n) is 10.9. The average Bonchev–Trinajstić information content (AvgIpc) is 3.00. The van der Waals surface area contributed by atoms with E-state index in [-0.39, 0.29) is 0 Å². The van der Waals surface area contributed by atoms with Gasteiger partial charge in [0.15, 0.2) is 0 Å². The second-order valence-electron chi connectivity index (χ2n) is 7.09. The van der Waals surface area contributed by atoms with Gasteiger partial charge in [0.05, 0.1) is 0 Å². The van der Waals surface area contributed by atoms with Crippen LogP contribution >= 0.6 is 0 Å². The molecule has 0 aromatic carbocycles. The zero-order valence-corrected chi connectivity index (χ0v) is 10.9. The van der Waals surface area contributed by atoms with Crippen molar-refractivity contribution in [3.05, 3.63) is 0 Å². The molecule has 2 saturated carbocycles. The van der Waals surface area contributed by atoms with E-state index in [1.807, 2.05) is 0 Å². The summed E-state index contributed by atoms with van der Waals surface area (Å²) in [7, 11) is 0. The van der Waals surface area contributed by atoms with Crippen LogP contribution in [-0.4, -0.2) is 37.1 Å². The lowest BCUT2D eigenvalue weighted by Crippen LogP contribution is -2.56. The Balaban J connectivity index is 1.30. The highest BCUT2D eigenvalue weighted by molar-refractivity contribution is 4.94. The summed E-state index contributed by atoms with van der Waals surface area (Å²) in [5, 5.41) is 3.94. The first-order valence-electron chi connectivity index (χ1n) is 7.84. The van der Waals surface area contributed by atoms with E-state index in [0.29, 0.717) is 0 Å². The molecule has 3 heterocycles. The number of piperidine rings is 3. The Labute approximate surface area is 105 Å². The molecule has 3 saturated heterocycles. The Kier molecular flexibility index (Phi) is 2.69. The van der Waals surface area contributed by atoms with Crippen LogP contribution in [0.5, 0.6) is 0 Å². The maximum absolute atomic E-state index is 3.94. The first-order chi connectivity index (χ1) is 8.38. The van der Waals surface area contributed by atoms with Crippen molar-refractivity contribution in [1.82, 2.24) is 10.2 Å². The van der Waals surface area contributed by atoms with Crippen molar-refractivity contribution >= 4 is 0 Å². The second kappa shape index (κ2) is 4.24. The smallest absolute Gasteiger partial charge is 0.0224 e. The molecule has 0 aromatic rings. The number of nitrogens with zero attached hydrogens (tertiary/aromatic N) is 1. The minimum absolute atomic E-state index is 0.830. The van der Waals surface area contributed by atoms with Gasteiger partial charge in [-0.1, -0.05) is 6.42 Å². The summed E-state index contributed by atoms with van der Waals surface area (Å²) in [5.41, 5.74) is 0. The summed E-state index contributed by atoms with van der Waals surface area (Å²) < 4.78 is 0. The second-order valence-corrected chi connectivity index (χ2v) is 7.09. The standard InChI is InChI=1S/C15H26N2/c1-2-13-7-11(1)8-14(13)9-16-15-10-17-5-3-12(15)4-6-17/h11-16H,1-10H2. The van der Waals surface area contributed by atoms with Crippen molar-refractivity contribution in [2.45, 2.75) is 44.6 Å². The molecule has 4 atom stereocenters. The molecular formula is C15H26N2. The third kappa shape index (κ3) is 1.94. The molecule has 2 aliphatic carbocycles. The zero-order chi connectivity index (χ0) is 11.2. The number of hydrogen-bond donors (Lipinski definition) is 1. The van der Waals surface area contributed by atoms with E-state index in [1.54, 1.807) is 19.3 Å². The number of hydrogen-bond acceptors (Lipinski definition) is 2. The molecule has 0 spiro atoms. The monoisotopic (exact) mass is 234 g/mol. The Morgan fingerprint density at radius 1 is 0.941 bits per heavy atom. The van der Waals surface area contributed by atoms with Crippen molar-refractivity contribution in [3.8, 4) is 0 Å². The predicted molar refractivity (Wildman–Crippen MR) is 69.9 cm³/mol. The number of nitrogens with one attached hydrogen (secondary N) is 1. The lowest BCUT2D eigenvalue weighted by atomic mass is 9.83. The van der Waals surface area contributed by atoms with Gasteiger partial charge < -0.3 is 10.2 Å². The van der Waals surface area contributed by atoms with Crippen LogP contribution in [0, 0.1) is 23.7 Å². The lowest BCUT2D eigenvalue weighted by molar-refractivity contribution is 0.0692. The van der Waals surface area contributed by atoms with E-state index in [1.165, 1.54) is 45.4 Å². The number of rotatable bonds is 3. The molecule has 2 nitrogen and oxygen atoms in total. The third-order valence-electron chi connectivity index (χ3n) is 6.18. The van der Waals surface area contributed by atoms with Gasteiger partial charge >= 0.3 is 0 Å². The van der Waals surface area contributed by atoms with Crippen LogP contribution in [0.4, 0.5) is 0 Å². The SMILES string of the molecule is C1CC2CC1CC2CNC1CN2CCC1CC2. The van der Waals surface area contributed by atoms with Gasteiger partial charge in [-0.05, 0) is 75.4 Å². The minimum Gasteiger partial charge on any atom is -0.312 e. The fraction of sp³-hybridized carbons (Fsp3) is 1.00. The molecule has 0 aromatic heterocycles. The van der Waals surface area contributed by atoms with Crippen LogP contribution in [0.15, 0.2) is 0 Å². The van der Waals surface area contributed by atoms with Crippen LogP contribution < -0.4 is 5.32 Å². The van der Waals surface area contributed by atoms with Gasteiger partial charge in [-0.25, -0.2) is 0 Å². The highest BCUT2D eigenvalue weighted by Crippen LogP contribution is 2.48. The van der Waals surface area contributed by atoms with Crippen molar-refractivity contribution in [3.63, 3.8) is 0 Å². The highest BCUT2D eigenvalue weighted by atomic mass is 15.2. The highest BCUT2D eigenvalue weighted by Gasteiger charge is 2.40. The van der Waals surface area contributed by atoms with Crippen LogP contribution in [0.25, 0.3) is 0 Å². The van der Waals surface area contributed by atoms with Crippen LogP contribution in [-0.2, 0) is 0 Å². The topological polar surface area (TPSA) is 15.3 Å². The Morgan fingerprint density at radius 2 is 1.82 bits per heavy atom. The minimum atomic E-state index is 0.830. The fourth-order valence-corrected chi connectivity index (χ4v) is 5.13. The first kappa shape index (κ1) is 10.8. The lowest BCUT2D eigenvalue weighted by Gasteiger charge is -2.45.